The van der Waals surface area contributed by atoms with E-state index < -0.39 is 0 Å². The van der Waals surface area contributed by atoms with Gasteiger partial charge in [0.15, 0.2) is 0 Å². The van der Waals surface area contributed by atoms with E-state index in [4.69, 9.17) is 4.74 Å². The molecule has 1 aliphatic rings. The molecular weight excluding hydrogens is 355 g/mol. The summed E-state index contributed by atoms with van der Waals surface area (Å²) >= 11 is 1.55. The molecule has 1 aliphatic heterocycles. The van der Waals surface area contributed by atoms with Gasteiger partial charge in [0.2, 0.25) is 0 Å². The summed E-state index contributed by atoms with van der Waals surface area (Å²) in [6.45, 7) is 5.50. The number of nitrogens with one attached hydrogen (secondary N) is 2. The van der Waals surface area contributed by atoms with E-state index in [1.807, 2.05) is 18.4 Å². The summed E-state index contributed by atoms with van der Waals surface area (Å²) in [5.41, 5.74) is 1.69. The second kappa shape index (κ2) is 9.07. The van der Waals surface area contributed by atoms with E-state index in [-0.39, 0.29) is 17.9 Å². The van der Waals surface area contributed by atoms with Gasteiger partial charge in [-0.3, -0.25) is 4.90 Å². The van der Waals surface area contributed by atoms with Crippen LogP contribution in [0.1, 0.15) is 22.3 Å². The van der Waals surface area contributed by atoms with E-state index >= 15 is 0 Å². The molecule has 2 heterocycles. The van der Waals surface area contributed by atoms with Gasteiger partial charge in [0.05, 0.1) is 36.5 Å². The summed E-state index contributed by atoms with van der Waals surface area (Å²) in [4.78, 5) is 18.7. The van der Waals surface area contributed by atoms with Crippen molar-refractivity contribution in [3.8, 4) is 0 Å². The molecule has 8 heteroatoms. The number of aromatic nitrogens is 1. The molecule has 0 aliphatic carbocycles. The highest BCUT2D eigenvalue weighted by Crippen LogP contribution is 2.22. The lowest BCUT2D eigenvalue weighted by Crippen LogP contribution is -2.45. The number of amides is 2. The summed E-state index contributed by atoms with van der Waals surface area (Å²) in [5, 5.41) is 8.61. The minimum atomic E-state index is -0.274. The number of urea groups is 1. The molecule has 1 aromatic heterocycles. The zero-order valence-electron chi connectivity index (χ0n) is 14.7. The topological polar surface area (TPSA) is 66.5 Å². The number of carbonyl (C=O) groups excluding carboxylic acids is 1. The van der Waals surface area contributed by atoms with Gasteiger partial charge in [0.25, 0.3) is 0 Å². The van der Waals surface area contributed by atoms with Gasteiger partial charge >= 0.3 is 6.03 Å². The molecule has 0 radical (unpaired) electrons. The second-order valence-corrected chi connectivity index (χ2v) is 7.20. The van der Waals surface area contributed by atoms with Crippen molar-refractivity contribution < 1.29 is 13.9 Å². The Morgan fingerprint density at radius 3 is 2.88 bits per heavy atom. The summed E-state index contributed by atoms with van der Waals surface area (Å²) < 4.78 is 19.1. The Morgan fingerprint density at radius 2 is 2.19 bits per heavy atom. The number of ether oxygens (including phenoxy) is 1. The standard InChI is InChI=1S/C18H23FN4O2S/c1-13-22-16(12-26-13)10-20-18(24)21-11-17(23-5-7-25-8-6-23)14-3-2-4-15(19)9-14/h2-4,9,12,17H,5-8,10-11H2,1H3,(H2,20,21,24)/t17-/m0/s1. The molecule has 1 atom stereocenters. The van der Waals surface area contributed by atoms with Crippen molar-refractivity contribution >= 4 is 17.4 Å². The second-order valence-electron chi connectivity index (χ2n) is 6.14. The predicted octanol–water partition coefficient (Wildman–Crippen LogP) is 2.46. The highest BCUT2D eigenvalue weighted by atomic mass is 32.1. The summed E-state index contributed by atoms with van der Waals surface area (Å²) in [7, 11) is 0. The first-order valence-corrected chi connectivity index (χ1v) is 9.50. The van der Waals surface area contributed by atoms with Crippen LogP contribution < -0.4 is 10.6 Å². The van der Waals surface area contributed by atoms with E-state index in [1.165, 1.54) is 12.1 Å². The molecule has 1 saturated heterocycles. The van der Waals surface area contributed by atoms with Crippen molar-refractivity contribution in [1.29, 1.82) is 0 Å². The van der Waals surface area contributed by atoms with Crippen molar-refractivity contribution in [2.45, 2.75) is 19.5 Å². The molecule has 0 saturated carbocycles. The molecule has 6 nitrogen and oxygen atoms in total. The van der Waals surface area contributed by atoms with Crippen molar-refractivity contribution in [3.05, 3.63) is 51.7 Å². The Hall–Kier alpha value is -2.03. The molecule has 0 bridgehead atoms. The number of rotatable bonds is 6. The number of aryl methyl sites for hydroxylation is 1. The van der Waals surface area contributed by atoms with Crippen LogP contribution in [0.4, 0.5) is 9.18 Å². The van der Waals surface area contributed by atoms with E-state index in [0.29, 0.717) is 26.3 Å². The summed E-state index contributed by atoms with van der Waals surface area (Å²) in [6.07, 6.45) is 0. The number of hydrogen-bond acceptors (Lipinski definition) is 5. The highest BCUT2D eigenvalue weighted by Gasteiger charge is 2.23. The third-order valence-electron chi connectivity index (χ3n) is 4.27. The predicted molar refractivity (Wildman–Crippen MR) is 98.6 cm³/mol. The van der Waals surface area contributed by atoms with Gasteiger partial charge < -0.3 is 15.4 Å². The number of morpholine rings is 1. The molecule has 2 aromatic rings. The van der Waals surface area contributed by atoms with E-state index in [0.717, 1.165) is 29.4 Å². The van der Waals surface area contributed by atoms with Crippen LogP contribution >= 0.6 is 11.3 Å². The Kier molecular flexibility index (Phi) is 6.54. The first-order valence-electron chi connectivity index (χ1n) is 8.62. The minimum Gasteiger partial charge on any atom is -0.379 e. The zero-order valence-corrected chi connectivity index (χ0v) is 15.5. The Morgan fingerprint density at radius 1 is 1.38 bits per heavy atom. The molecule has 26 heavy (non-hydrogen) atoms. The average molecular weight is 378 g/mol. The lowest BCUT2D eigenvalue weighted by Gasteiger charge is -2.34. The Bertz CT molecular complexity index is 733. The van der Waals surface area contributed by atoms with Crippen molar-refractivity contribution in [3.63, 3.8) is 0 Å². The Balaban J connectivity index is 1.59. The molecular formula is C18H23FN4O2S. The maximum absolute atomic E-state index is 13.7. The lowest BCUT2D eigenvalue weighted by molar-refractivity contribution is 0.0166. The first kappa shape index (κ1) is 18.8. The van der Waals surface area contributed by atoms with Crippen molar-refractivity contribution in [1.82, 2.24) is 20.5 Å². The molecule has 0 unspecified atom stereocenters. The van der Waals surface area contributed by atoms with Gasteiger partial charge in [-0.05, 0) is 24.6 Å². The third kappa shape index (κ3) is 5.23. The van der Waals surface area contributed by atoms with Crippen LogP contribution in [-0.2, 0) is 11.3 Å². The number of thiazole rings is 1. The summed E-state index contributed by atoms with van der Waals surface area (Å²) in [5.74, 6) is -0.274. The molecule has 2 N–H and O–H groups in total. The zero-order chi connectivity index (χ0) is 18.4. The molecule has 140 valence electrons. The lowest BCUT2D eigenvalue weighted by atomic mass is 10.0. The van der Waals surface area contributed by atoms with Crippen LogP contribution in [0.15, 0.2) is 29.6 Å². The quantitative estimate of drug-likeness (QED) is 0.810. The van der Waals surface area contributed by atoms with Crippen LogP contribution in [0.3, 0.4) is 0 Å². The van der Waals surface area contributed by atoms with E-state index in [1.54, 1.807) is 17.4 Å². The van der Waals surface area contributed by atoms with Crippen LogP contribution in [0, 0.1) is 12.7 Å². The van der Waals surface area contributed by atoms with Gasteiger partial charge in [-0.2, -0.15) is 0 Å². The van der Waals surface area contributed by atoms with Gasteiger partial charge in [-0.25, -0.2) is 14.2 Å². The Labute approximate surface area is 156 Å². The fourth-order valence-corrected chi connectivity index (χ4v) is 3.59. The fraction of sp³-hybridized carbons (Fsp3) is 0.444. The average Bonchev–Trinajstić information content (AvgIpc) is 3.06. The fourth-order valence-electron chi connectivity index (χ4n) is 2.97. The minimum absolute atomic E-state index is 0.0955. The molecule has 0 spiro atoms. The van der Waals surface area contributed by atoms with Crippen LogP contribution in [0.5, 0.6) is 0 Å². The van der Waals surface area contributed by atoms with Crippen molar-refractivity contribution in [2.75, 3.05) is 32.8 Å². The number of nitrogens with zero attached hydrogens (tertiary/aromatic N) is 2. The van der Waals surface area contributed by atoms with Gasteiger partial charge in [0.1, 0.15) is 5.82 Å². The molecule has 1 aromatic carbocycles. The molecule has 1 fully saturated rings. The molecule has 2 amide bonds. The van der Waals surface area contributed by atoms with Gasteiger partial charge in [-0.1, -0.05) is 12.1 Å². The maximum Gasteiger partial charge on any atom is 0.315 e. The normalized spacial score (nSPS) is 16.2. The first-order chi connectivity index (χ1) is 12.6. The molecule has 3 rings (SSSR count). The monoisotopic (exact) mass is 378 g/mol. The largest absolute Gasteiger partial charge is 0.379 e. The smallest absolute Gasteiger partial charge is 0.315 e. The summed E-state index contributed by atoms with van der Waals surface area (Å²) in [6, 6.07) is 6.18. The maximum atomic E-state index is 13.7. The van der Waals surface area contributed by atoms with Crippen molar-refractivity contribution in [2.24, 2.45) is 0 Å². The highest BCUT2D eigenvalue weighted by molar-refractivity contribution is 7.09. The van der Waals surface area contributed by atoms with E-state index in [9.17, 15) is 9.18 Å². The van der Waals surface area contributed by atoms with E-state index in [2.05, 4.69) is 20.5 Å². The number of hydrogen-bond donors (Lipinski definition) is 2. The third-order valence-corrected chi connectivity index (χ3v) is 5.09. The number of benzene rings is 1. The van der Waals surface area contributed by atoms with Gasteiger partial charge in [0, 0.05) is 25.0 Å². The van der Waals surface area contributed by atoms with Gasteiger partial charge in [-0.15, -0.1) is 11.3 Å². The number of carbonyl (C=O) groups is 1. The number of halogens is 1. The SMILES string of the molecule is Cc1nc(CNC(=O)NC[C@@H](c2cccc(F)c2)N2CCOCC2)cs1. The van der Waals surface area contributed by atoms with Crippen LogP contribution in [-0.4, -0.2) is 48.8 Å². The van der Waals surface area contributed by atoms with Crippen LogP contribution in [0.25, 0.3) is 0 Å². The van der Waals surface area contributed by atoms with Crippen LogP contribution in [0.2, 0.25) is 0 Å².